The van der Waals surface area contributed by atoms with Gasteiger partial charge in [0.1, 0.15) is 24.7 Å². The minimum absolute atomic E-state index is 0.433. The molecule has 0 aliphatic rings. The van der Waals surface area contributed by atoms with Crippen LogP contribution < -0.4 is 9.47 Å². The van der Waals surface area contributed by atoms with E-state index in [0.717, 1.165) is 11.5 Å². The van der Waals surface area contributed by atoms with Crippen molar-refractivity contribution >= 4 is 0 Å². The summed E-state index contributed by atoms with van der Waals surface area (Å²) in [6.45, 7) is 0.866. The first-order chi connectivity index (χ1) is 10.8. The number of hydrogen-bond donors (Lipinski definition) is 0. The highest BCUT2D eigenvalue weighted by molar-refractivity contribution is 5.35. The molecule has 0 fully saturated rings. The highest BCUT2D eigenvalue weighted by Gasteiger charge is 1.94. The van der Waals surface area contributed by atoms with E-state index >= 15 is 0 Å². The van der Waals surface area contributed by atoms with Crippen molar-refractivity contribution in [2.45, 2.75) is 0 Å². The number of rotatable bonds is 6. The molecule has 2 aromatic rings. The summed E-state index contributed by atoms with van der Waals surface area (Å²) in [6.07, 6.45) is 3.73. The van der Waals surface area contributed by atoms with Gasteiger partial charge in [0.05, 0.1) is 23.3 Å². The van der Waals surface area contributed by atoms with E-state index in [2.05, 4.69) is 12.1 Å². The highest BCUT2D eigenvalue weighted by Crippen LogP contribution is 2.12. The first-order valence-electron chi connectivity index (χ1n) is 6.73. The van der Waals surface area contributed by atoms with Gasteiger partial charge in [0.25, 0.3) is 0 Å². The first-order valence-corrected chi connectivity index (χ1v) is 6.73. The summed E-state index contributed by atoms with van der Waals surface area (Å²) < 4.78 is 11.0. The fourth-order valence-electron chi connectivity index (χ4n) is 1.68. The van der Waals surface area contributed by atoms with Crippen LogP contribution in [0, 0.1) is 22.7 Å². The molecule has 0 atom stereocenters. The Kier molecular flexibility index (Phi) is 5.61. The maximum atomic E-state index is 8.69. The van der Waals surface area contributed by atoms with Crippen LogP contribution in [0.2, 0.25) is 0 Å². The summed E-state index contributed by atoms with van der Waals surface area (Å²) in [5.74, 6) is 1.44. The Bertz CT molecular complexity index is 641. The molecule has 108 valence electrons. The van der Waals surface area contributed by atoms with Crippen LogP contribution in [0.4, 0.5) is 0 Å². The fraction of sp³-hybridized carbons (Fsp3) is 0.111. The maximum absolute atomic E-state index is 8.69. The molecule has 0 saturated carbocycles. The zero-order chi connectivity index (χ0) is 15.6. The van der Waals surface area contributed by atoms with Gasteiger partial charge in [0.2, 0.25) is 0 Å². The number of ether oxygens (including phenoxy) is 2. The number of nitrogens with zero attached hydrogens (tertiary/aromatic N) is 2. The van der Waals surface area contributed by atoms with Crippen LogP contribution in [0.3, 0.4) is 0 Å². The number of benzene rings is 2. The molecular formula is C18H14N2O2. The van der Waals surface area contributed by atoms with Crippen molar-refractivity contribution in [2.24, 2.45) is 0 Å². The largest absolute Gasteiger partial charge is 0.490 e. The van der Waals surface area contributed by atoms with E-state index in [1.165, 1.54) is 0 Å². The molecular weight excluding hydrogens is 276 g/mol. The Morgan fingerprint density at radius 2 is 1.05 bits per heavy atom. The average Bonchev–Trinajstić information content (AvgIpc) is 2.59. The van der Waals surface area contributed by atoms with Gasteiger partial charge in [-0.1, -0.05) is 0 Å². The van der Waals surface area contributed by atoms with Crippen molar-refractivity contribution in [1.29, 1.82) is 10.5 Å². The summed E-state index contributed by atoms with van der Waals surface area (Å²) in [6, 6.07) is 18.0. The second-order valence-corrected chi connectivity index (χ2v) is 4.37. The lowest BCUT2D eigenvalue weighted by atomic mass is 10.2. The van der Waals surface area contributed by atoms with Gasteiger partial charge in [0.15, 0.2) is 0 Å². The third-order valence-electron chi connectivity index (χ3n) is 2.83. The highest BCUT2D eigenvalue weighted by atomic mass is 16.5. The third kappa shape index (κ3) is 4.70. The molecule has 22 heavy (non-hydrogen) atoms. The van der Waals surface area contributed by atoms with Gasteiger partial charge >= 0.3 is 0 Å². The molecule has 0 aliphatic carbocycles. The maximum Gasteiger partial charge on any atom is 0.119 e. The summed E-state index contributed by atoms with van der Waals surface area (Å²) in [5, 5.41) is 17.4. The molecule has 0 bridgehead atoms. The molecule has 0 amide bonds. The molecule has 2 aromatic carbocycles. The normalized spacial score (nSPS) is 9.91. The van der Waals surface area contributed by atoms with Crippen molar-refractivity contribution in [2.75, 3.05) is 13.2 Å². The molecule has 0 aliphatic heterocycles. The van der Waals surface area contributed by atoms with E-state index in [4.69, 9.17) is 20.0 Å². The Hall–Kier alpha value is -3.24. The molecule has 0 radical (unpaired) electrons. The molecule has 0 aromatic heterocycles. The lowest BCUT2D eigenvalue weighted by Gasteiger charge is -2.04. The molecule has 0 heterocycles. The zero-order valence-electron chi connectivity index (χ0n) is 11.9. The zero-order valence-corrected chi connectivity index (χ0v) is 11.9. The van der Waals surface area contributed by atoms with Crippen LogP contribution in [0.25, 0.3) is 0 Å². The second-order valence-electron chi connectivity index (χ2n) is 4.37. The number of nitriles is 2. The van der Waals surface area contributed by atoms with Crippen LogP contribution in [-0.4, -0.2) is 13.2 Å². The summed E-state index contributed by atoms with van der Waals surface area (Å²) in [5.41, 5.74) is 1.22. The Labute approximate surface area is 129 Å². The Morgan fingerprint density at radius 3 is 1.36 bits per heavy atom. The van der Waals surface area contributed by atoms with E-state index in [0.29, 0.717) is 24.3 Å². The van der Waals surface area contributed by atoms with Crippen LogP contribution >= 0.6 is 0 Å². The van der Waals surface area contributed by atoms with E-state index < -0.39 is 0 Å². The van der Waals surface area contributed by atoms with E-state index in [1.807, 2.05) is 12.2 Å². The van der Waals surface area contributed by atoms with Crippen molar-refractivity contribution in [3.8, 4) is 23.6 Å². The van der Waals surface area contributed by atoms with Crippen molar-refractivity contribution in [1.82, 2.24) is 0 Å². The minimum Gasteiger partial charge on any atom is -0.490 e. The van der Waals surface area contributed by atoms with Gasteiger partial charge < -0.3 is 9.47 Å². The third-order valence-corrected chi connectivity index (χ3v) is 2.83. The van der Waals surface area contributed by atoms with Crippen LogP contribution in [-0.2, 0) is 0 Å². The first kappa shape index (κ1) is 15.2. The second kappa shape index (κ2) is 8.14. The van der Waals surface area contributed by atoms with Gasteiger partial charge in [-0.25, -0.2) is 0 Å². The molecule has 4 heteroatoms. The summed E-state index contributed by atoms with van der Waals surface area (Å²) >= 11 is 0. The van der Waals surface area contributed by atoms with Gasteiger partial charge in [0, 0.05) is 0 Å². The fourth-order valence-corrected chi connectivity index (χ4v) is 1.68. The van der Waals surface area contributed by atoms with Crippen molar-refractivity contribution < 1.29 is 9.47 Å². The van der Waals surface area contributed by atoms with Crippen LogP contribution in [0.5, 0.6) is 11.5 Å². The molecule has 4 nitrogen and oxygen atoms in total. The summed E-state index contributed by atoms with van der Waals surface area (Å²) in [7, 11) is 0. The molecule has 0 unspecified atom stereocenters. The van der Waals surface area contributed by atoms with Gasteiger partial charge in [-0.3, -0.25) is 0 Å². The van der Waals surface area contributed by atoms with Gasteiger partial charge in [-0.15, -0.1) is 0 Å². The van der Waals surface area contributed by atoms with E-state index in [9.17, 15) is 0 Å². The van der Waals surface area contributed by atoms with Gasteiger partial charge in [-0.05, 0) is 60.7 Å². The lowest BCUT2D eigenvalue weighted by molar-refractivity contribution is 0.350. The van der Waals surface area contributed by atoms with Crippen LogP contribution in [0.15, 0.2) is 60.7 Å². The lowest BCUT2D eigenvalue weighted by Crippen LogP contribution is -1.96. The standard InChI is InChI=1S/C18H14N2O2/c19-13-15-3-7-17(8-4-15)21-11-1-2-12-22-18-9-5-16(14-20)6-10-18/h1-10H,11-12H2/b2-1+. The molecule has 0 N–H and O–H groups in total. The predicted octanol–water partition coefficient (Wildman–Crippen LogP) is 3.44. The monoisotopic (exact) mass is 290 g/mol. The van der Waals surface area contributed by atoms with E-state index in [-0.39, 0.29) is 0 Å². The quantitative estimate of drug-likeness (QED) is 0.764. The van der Waals surface area contributed by atoms with Crippen molar-refractivity contribution in [3.05, 3.63) is 71.8 Å². The SMILES string of the molecule is N#Cc1ccc(OC/C=C/COc2ccc(C#N)cc2)cc1. The van der Waals surface area contributed by atoms with E-state index in [1.54, 1.807) is 48.5 Å². The van der Waals surface area contributed by atoms with Crippen molar-refractivity contribution in [3.63, 3.8) is 0 Å². The Balaban J connectivity index is 1.69. The van der Waals surface area contributed by atoms with Crippen LogP contribution in [0.1, 0.15) is 11.1 Å². The molecule has 0 spiro atoms. The molecule has 0 saturated heterocycles. The summed E-state index contributed by atoms with van der Waals surface area (Å²) in [4.78, 5) is 0. The van der Waals surface area contributed by atoms with Gasteiger partial charge in [-0.2, -0.15) is 10.5 Å². The molecule has 2 rings (SSSR count). The minimum atomic E-state index is 0.433. The number of hydrogen-bond acceptors (Lipinski definition) is 4. The smallest absolute Gasteiger partial charge is 0.119 e. The predicted molar refractivity (Wildman–Crippen MR) is 82.4 cm³/mol. The Morgan fingerprint density at radius 1 is 0.682 bits per heavy atom. The topological polar surface area (TPSA) is 66.0 Å². The average molecular weight is 290 g/mol.